The average Bonchev–Trinajstić information content (AvgIpc) is 1.64. The zero-order valence-electron chi connectivity index (χ0n) is 5.87. The molecule has 65 valence electrons. The van der Waals surface area contributed by atoms with Crippen molar-refractivity contribution in [2.75, 3.05) is 13.2 Å². The Morgan fingerprint density at radius 2 is 1.60 bits per heavy atom. The van der Waals surface area contributed by atoms with Crippen LogP contribution in [-0.2, 0) is 20.9 Å². The summed E-state index contributed by atoms with van der Waals surface area (Å²) in [7, 11) is 0. The molecular weight excluding hydrogens is 318 g/mol. The maximum absolute atomic E-state index is 9.00. The third-order valence-corrected chi connectivity index (χ3v) is 2.39. The fourth-order valence-electron chi connectivity index (χ4n) is 0.364. The van der Waals surface area contributed by atoms with E-state index in [9.17, 15) is 0 Å². The molecule has 0 rings (SSSR count). The Morgan fingerprint density at radius 3 is 1.80 bits per heavy atom. The molecule has 0 aromatic carbocycles. The molecule has 3 nitrogen and oxygen atoms in total. The van der Waals surface area contributed by atoms with Crippen molar-refractivity contribution in [3.8, 4) is 0 Å². The number of rotatable bonds is 4. The number of hydrogen-bond donors (Lipinski definition) is 1. The molecule has 0 saturated carbocycles. The Bertz CT molecular complexity index is 111. The molecule has 10 heavy (non-hydrogen) atoms. The SMILES string of the molecule is CCOP(O)(=S)OCC.[Tb]. The van der Waals surface area contributed by atoms with E-state index >= 15 is 0 Å². The molecule has 0 heterocycles. The summed E-state index contributed by atoms with van der Waals surface area (Å²) in [5.74, 6) is 0. The second-order valence-electron chi connectivity index (χ2n) is 1.30. The first-order chi connectivity index (χ1) is 4.12. The molecule has 1 radical (unpaired) electrons. The van der Waals surface area contributed by atoms with Gasteiger partial charge in [-0.15, -0.1) is 0 Å². The summed E-state index contributed by atoms with van der Waals surface area (Å²) in [5.41, 5.74) is 0. The summed E-state index contributed by atoms with van der Waals surface area (Å²) in [6.07, 6.45) is 0. The predicted molar refractivity (Wildman–Crippen MR) is 39.8 cm³/mol. The minimum Gasteiger partial charge on any atom is -0.324 e. The van der Waals surface area contributed by atoms with Gasteiger partial charge in [-0.2, -0.15) is 0 Å². The second-order valence-corrected chi connectivity index (χ2v) is 4.14. The minimum atomic E-state index is -2.86. The van der Waals surface area contributed by atoms with Crippen molar-refractivity contribution in [2.24, 2.45) is 0 Å². The standard InChI is InChI=1S/C4H11O3PS.Tb/c1-3-6-8(5,9)7-4-2;/h3-4H2,1-2H3,(H,5,9);. The fraction of sp³-hybridized carbons (Fsp3) is 1.00. The van der Waals surface area contributed by atoms with Crippen LogP contribution in [0.15, 0.2) is 0 Å². The Labute approximate surface area is 97.2 Å². The van der Waals surface area contributed by atoms with Crippen molar-refractivity contribution in [1.82, 2.24) is 0 Å². The van der Waals surface area contributed by atoms with Crippen molar-refractivity contribution in [3.63, 3.8) is 0 Å². The van der Waals surface area contributed by atoms with E-state index in [1.165, 1.54) is 0 Å². The smallest absolute Gasteiger partial charge is 0.324 e. The van der Waals surface area contributed by atoms with E-state index in [2.05, 4.69) is 11.8 Å². The summed E-state index contributed by atoms with van der Waals surface area (Å²) >= 11 is 4.56. The Balaban J connectivity index is 0. The average molecular weight is 329 g/mol. The summed E-state index contributed by atoms with van der Waals surface area (Å²) in [5, 5.41) is 0. The topological polar surface area (TPSA) is 38.7 Å². The first kappa shape index (κ1) is 14.3. The Kier molecular flexibility index (Phi) is 10.7. The van der Waals surface area contributed by atoms with Gasteiger partial charge in [0.15, 0.2) is 0 Å². The predicted octanol–water partition coefficient (Wildman–Crippen LogP) is 1.28. The van der Waals surface area contributed by atoms with Crippen LogP contribution in [0.3, 0.4) is 0 Å². The van der Waals surface area contributed by atoms with Crippen LogP contribution in [0.25, 0.3) is 0 Å². The third-order valence-electron chi connectivity index (χ3n) is 0.584. The van der Waals surface area contributed by atoms with Crippen LogP contribution in [0.5, 0.6) is 0 Å². The van der Waals surface area contributed by atoms with Crippen molar-refractivity contribution in [3.05, 3.63) is 0 Å². The number of hydrogen-bond acceptors (Lipinski definition) is 3. The van der Waals surface area contributed by atoms with Gasteiger partial charge < -0.3 is 13.9 Å². The minimum absolute atomic E-state index is 0. The van der Waals surface area contributed by atoms with Gasteiger partial charge in [-0.1, -0.05) is 0 Å². The van der Waals surface area contributed by atoms with E-state index in [-0.39, 0.29) is 38.6 Å². The molecule has 0 fully saturated rings. The molecule has 1 N–H and O–H groups in total. The van der Waals surface area contributed by atoms with Gasteiger partial charge in [0, 0.05) is 38.6 Å². The van der Waals surface area contributed by atoms with E-state index < -0.39 is 6.72 Å². The van der Waals surface area contributed by atoms with E-state index in [4.69, 9.17) is 13.9 Å². The van der Waals surface area contributed by atoms with Gasteiger partial charge in [0.2, 0.25) is 0 Å². The fourth-order valence-corrected chi connectivity index (χ4v) is 1.72. The van der Waals surface area contributed by atoms with Gasteiger partial charge in [-0.05, 0) is 25.7 Å². The van der Waals surface area contributed by atoms with Crippen LogP contribution in [0.1, 0.15) is 13.8 Å². The van der Waals surface area contributed by atoms with Gasteiger partial charge >= 0.3 is 6.72 Å². The van der Waals surface area contributed by atoms with Gasteiger partial charge in [-0.3, -0.25) is 0 Å². The Morgan fingerprint density at radius 1 is 1.30 bits per heavy atom. The van der Waals surface area contributed by atoms with E-state index in [1.807, 2.05) is 0 Å². The van der Waals surface area contributed by atoms with Gasteiger partial charge in [0.05, 0.1) is 13.2 Å². The maximum atomic E-state index is 9.00. The molecule has 0 aliphatic heterocycles. The molecule has 0 aromatic rings. The van der Waals surface area contributed by atoms with Crippen molar-refractivity contribution >= 4 is 18.5 Å². The van der Waals surface area contributed by atoms with Gasteiger partial charge in [0.1, 0.15) is 0 Å². The normalized spacial score (nSPS) is 10.7. The first-order valence-electron chi connectivity index (χ1n) is 2.74. The summed E-state index contributed by atoms with van der Waals surface area (Å²) < 4.78 is 9.46. The molecule has 0 aliphatic rings. The molecule has 0 amide bonds. The largest absolute Gasteiger partial charge is 0.324 e. The van der Waals surface area contributed by atoms with Gasteiger partial charge in [-0.25, -0.2) is 0 Å². The van der Waals surface area contributed by atoms with Crippen molar-refractivity contribution < 1.29 is 52.6 Å². The van der Waals surface area contributed by atoms with Crippen molar-refractivity contribution in [2.45, 2.75) is 13.8 Å². The molecule has 0 bridgehead atoms. The Hall–Kier alpha value is 1.82. The molecule has 0 spiro atoms. The van der Waals surface area contributed by atoms with Crippen LogP contribution < -0.4 is 0 Å². The van der Waals surface area contributed by atoms with Crippen LogP contribution in [0, 0.1) is 38.6 Å². The van der Waals surface area contributed by atoms with Crippen LogP contribution in [0.2, 0.25) is 0 Å². The second kappa shape index (κ2) is 7.46. The van der Waals surface area contributed by atoms with Crippen LogP contribution in [-0.4, -0.2) is 18.1 Å². The monoisotopic (exact) mass is 329 g/mol. The maximum Gasteiger partial charge on any atom is 0.324 e. The molecule has 0 aromatic heterocycles. The molecular formula is C4H11O3PSTb. The molecule has 6 heteroatoms. The van der Waals surface area contributed by atoms with E-state index in [0.29, 0.717) is 13.2 Å². The van der Waals surface area contributed by atoms with Crippen LogP contribution >= 0.6 is 6.72 Å². The summed E-state index contributed by atoms with van der Waals surface area (Å²) in [6, 6.07) is 0. The quantitative estimate of drug-likeness (QED) is 0.789. The third kappa shape index (κ3) is 7.92. The van der Waals surface area contributed by atoms with Crippen LogP contribution in [0.4, 0.5) is 0 Å². The van der Waals surface area contributed by atoms with Gasteiger partial charge in [0.25, 0.3) is 0 Å². The zero-order valence-corrected chi connectivity index (χ0v) is 9.72. The molecule has 0 atom stereocenters. The molecule has 0 unspecified atom stereocenters. The van der Waals surface area contributed by atoms with E-state index in [0.717, 1.165) is 0 Å². The molecule has 0 saturated heterocycles. The molecule has 0 aliphatic carbocycles. The van der Waals surface area contributed by atoms with E-state index in [1.54, 1.807) is 13.8 Å². The summed E-state index contributed by atoms with van der Waals surface area (Å²) in [4.78, 5) is 9.00. The zero-order chi connectivity index (χ0) is 7.33. The summed E-state index contributed by atoms with van der Waals surface area (Å²) in [6.45, 7) is 1.45. The van der Waals surface area contributed by atoms with Crippen molar-refractivity contribution in [1.29, 1.82) is 0 Å². The first-order valence-corrected chi connectivity index (χ1v) is 5.33.